The summed E-state index contributed by atoms with van der Waals surface area (Å²) in [5, 5.41) is 8.78. The quantitative estimate of drug-likeness (QED) is 0.592. The number of carboxylic acids is 1. The van der Waals surface area contributed by atoms with Crippen LogP contribution in [0.15, 0.2) is 18.3 Å². The average Bonchev–Trinajstić information content (AvgIpc) is 2.04. The molecule has 0 saturated heterocycles. The molecule has 0 amide bonds. The third-order valence-corrected chi connectivity index (χ3v) is 1.83. The van der Waals surface area contributed by atoms with Gasteiger partial charge in [0.1, 0.15) is 11.4 Å². The highest BCUT2D eigenvalue weighted by molar-refractivity contribution is 5.79. The van der Waals surface area contributed by atoms with Crippen molar-refractivity contribution in [3.8, 4) is 0 Å². The van der Waals surface area contributed by atoms with E-state index >= 15 is 0 Å². The minimum absolute atomic E-state index is 0.338. The fourth-order valence-corrected chi connectivity index (χ4v) is 0.836. The van der Waals surface area contributed by atoms with Crippen molar-refractivity contribution >= 4 is 11.8 Å². The maximum atomic E-state index is 10.7. The Morgan fingerprint density at radius 3 is 2.62 bits per heavy atom. The maximum absolute atomic E-state index is 10.7. The first-order chi connectivity index (χ1) is 5.94. The van der Waals surface area contributed by atoms with Crippen molar-refractivity contribution in [1.82, 2.24) is 4.98 Å². The minimum Gasteiger partial charge on any atom is -0.480 e. The molecule has 13 heavy (non-hydrogen) atoms. The van der Waals surface area contributed by atoms with Crippen molar-refractivity contribution in [1.29, 1.82) is 0 Å². The molecule has 5 N–H and O–H groups in total. The van der Waals surface area contributed by atoms with Gasteiger partial charge in [-0.1, -0.05) is 6.07 Å². The predicted molar refractivity (Wildman–Crippen MR) is 47.8 cm³/mol. The number of rotatable bonds is 2. The summed E-state index contributed by atoms with van der Waals surface area (Å²) in [7, 11) is 0. The molecule has 1 aromatic rings. The Morgan fingerprint density at radius 2 is 2.23 bits per heavy atom. The van der Waals surface area contributed by atoms with Crippen molar-refractivity contribution in [2.24, 2.45) is 5.73 Å². The summed E-state index contributed by atoms with van der Waals surface area (Å²) >= 11 is 0. The first-order valence-electron chi connectivity index (χ1n) is 3.69. The van der Waals surface area contributed by atoms with Gasteiger partial charge in [0.15, 0.2) is 0 Å². The molecule has 70 valence electrons. The molecule has 0 aliphatic rings. The van der Waals surface area contributed by atoms with Crippen molar-refractivity contribution in [3.63, 3.8) is 0 Å². The van der Waals surface area contributed by atoms with E-state index < -0.39 is 11.5 Å². The lowest BCUT2D eigenvalue weighted by Gasteiger charge is -2.18. The molecule has 5 nitrogen and oxygen atoms in total. The van der Waals surface area contributed by atoms with Crippen LogP contribution in [-0.4, -0.2) is 16.1 Å². The van der Waals surface area contributed by atoms with E-state index in [0.717, 1.165) is 0 Å². The Kier molecular flexibility index (Phi) is 2.20. The molecule has 0 saturated carbocycles. The average molecular weight is 181 g/mol. The molecule has 0 aliphatic carbocycles. The summed E-state index contributed by atoms with van der Waals surface area (Å²) < 4.78 is 0. The molecule has 5 heteroatoms. The van der Waals surface area contributed by atoms with Gasteiger partial charge in [0, 0.05) is 11.8 Å². The number of aliphatic carboxylic acids is 1. The van der Waals surface area contributed by atoms with Crippen LogP contribution in [0.1, 0.15) is 12.5 Å². The summed E-state index contributed by atoms with van der Waals surface area (Å²) in [5.41, 5.74) is 9.91. The number of aromatic nitrogens is 1. The molecule has 1 heterocycles. The van der Waals surface area contributed by atoms with Gasteiger partial charge in [0.2, 0.25) is 0 Å². The molecule has 0 radical (unpaired) electrons. The van der Waals surface area contributed by atoms with Crippen LogP contribution in [0.25, 0.3) is 0 Å². The zero-order chi connectivity index (χ0) is 10.1. The molecule has 1 atom stereocenters. The van der Waals surface area contributed by atoms with Gasteiger partial charge in [-0.3, -0.25) is 0 Å². The molecular formula is C8H11N3O2. The van der Waals surface area contributed by atoms with E-state index in [-0.39, 0.29) is 0 Å². The summed E-state index contributed by atoms with van der Waals surface area (Å²) in [6.07, 6.45) is 1.36. The summed E-state index contributed by atoms with van der Waals surface area (Å²) in [6, 6.07) is 3.07. The number of carbonyl (C=O) groups is 1. The SMILES string of the molecule is C[C@@](N)(C(=O)O)c1ccc(N)nc1. The molecule has 0 fully saturated rings. The standard InChI is InChI=1S/C8H11N3O2/c1-8(10,7(12)13)5-2-3-6(9)11-4-5/h2-4H,10H2,1H3,(H2,9,11)(H,12,13)/t8-/m0/s1. The van der Waals surface area contributed by atoms with Crippen molar-refractivity contribution in [3.05, 3.63) is 23.9 Å². The smallest absolute Gasteiger partial charge is 0.328 e. The maximum Gasteiger partial charge on any atom is 0.328 e. The lowest BCUT2D eigenvalue weighted by molar-refractivity contribution is -0.143. The van der Waals surface area contributed by atoms with Crippen LogP contribution in [-0.2, 0) is 10.3 Å². The van der Waals surface area contributed by atoms with E-state index in [1.165, 1.54) is 19.2 Å². The Morgan fingerprint density at radius 1 is 1.62 bits per heavy atom. The van der Waals surface area contributed by atoms with E-state index in [2.05, 4.69) is 4.98 Å². The number of hydrogen-bond donors (Lipinski definition) is 3. The number of nitrogens with zero attached hydrogens (tertiary/aromatic N) is 1. The fourth-order valence-electron chi connectivity index (χ4n) is 0.836. The van der Waals surface area contributed by atoms with Gasteiger partial charge in [-0.25, -0.2) is 9.78 Å². The largest absolute Gasteiger partial charge is 0.480 e. The van der Waals surface area contributed by atoms with E-state index in [9.17, 15) is 4.79 Å². The molecule has 1 aromatic heterocycles. The Hall–Kier alpha value is -1.62. The van der Waals surface area contributed by atoms with Crippen molar-refractivity contribution in [2.45, 2.75) is 12.5 Å². The molecule has 0 unspecified atom stereocenters. The highest BCUT2D eigenvalue weighted by Crippen LogP contribution is 2.17. The van der Waals surface area contributed by atoms with Gasteiger partial charge in [-0.05, 0) is 13.0 Å². The molecular weight excluding hydrogens is 170 g/mol. The third kappa shape index (κ3) is 1.75. The number of pyridine rings is 1. The number of nitrogen functional groups attached to an aromatic ring is 1. The second kappa shape index (κ2) is 3.02. The first kappa shape index (κ1) is 9.47. The number of carboxylic acid groups (broad SMARTS) is 1. The van der Waals surface area contributed by atoms with E-state index in [0.29, 0.717) is 11.4 Å². The second-order valence-electron chi connectivity index (χ2n) is 2.98. The Labute approximate surface area is 75.4 Å². The summed E-state index contributed by atoms with van der Waals surface area (Å²) in [4.78, 5) is 14.5. The molecule has 0 aromatic carbocycles. The van der Waals surface area contributed by atoms with E-state index in [4.69, 9.17) is 16.6 Å². The molecule has 0 aliphatic heterocycles. The van der Waals surface area contributed by atoms with Crippen LogP contribution >= 0.6 is 0 Å². The normalized spacial score (nSPS) is 14.9. The van der Waals surface area contributed by atoms with Gasteiger partial charge in [0.05, 0.1) is 0 Å². The summed E-state index contributed by atoms with van der Waals surface area (Å²) in [5.74, 6) is -0.760. The van der Waals surface area contributed by atoms with Gasteiger partial charge in [-0.15, -0.1) is 0 Å². The monoisotopic (exact) mass is 181 g/mol. The third-order valence-electron chi connectivity index (χ3n) is 1.83. The van der Waals surface area contributed by atoms with E-state index in [1.54, 1.807) is 6.07 Å². The van der Waals surface area contributed by atoms with Crippen LogP contribution in [0.4, 0.5) is 5.82 Å². The Bertz CT molecular complexity index is 319. The highest BCUT2D eigenvalue weighted by Gasteiger charge is 2.30. The molecule has 0 spiro atoms. The molecule has 1 rings (SSSR count). The molecule has 0 bridgehead atoms. The van der Waals surface area contributed by atoms with Gasteiger partial charge >= 0.3 is 5.97 Å². The second-order valence-corrected chi connectivity index (χ2v) is 2.98. The minimum atomic E-state index is -1.42. The van der Waals surface area contributed by atoms with Crippen molar-refractivity contribution in [2.75, 3.05) is 5.73 Å². The van der Waals surface area contributed by atoms with Crippen LogP contribution in [0.2, 0.25) is 0 Å². The predicted octanol–water partition coefficient (Wildman–Crippen LogP) is -0.0777. The first-order valence-corrected chi connectivity index (χ1v) is 3.69. The van der Waals surface area contributed by atoms with Gasteiger partial charge in [0.25, 0.3) is 0 Å². The van der Waals surface area contributed by atoms with Gasteiger partial charge in [-0.2, -0.15) is 0 Å². The topological polar surface area (TPSA) is 102 Å². The van der Waals surface area contributed by atoms with Crippen LogP contribution in [0, 0.1) is 0 Å². The van der Waals surface area contributed by atoms with Crippen LogP contribution in [0.5, 0.6) is 0 Å². The number of anilines is 1. The highest BCUT2D eigenvalue weighted by atomic mass is 16.4. The number of nitrogens with two attached hydrogens (primary N) is 2. The van der Waals surface area contributed by atoms with Crippen LogP contribution < -0.4 is 11.5 Å². The lowest BCUT2D eigenvalue weighted by Crippen LogP contribution is -2.41. The summed E-state index contributed by atoms with van der Waals surface area (Å²) in [6.45, 7) is 1.41. The fraction of sp³-hybridized carbons (Fsp3) is 0.250. The van der Waals surface area contributed by atoms with Crippen molar-refractivity contribution < 1.29 is 9.90 Å². The zero-order valence-corrected chi connectivity index (χ0v) is 7.19. The Balaban J connectivity index is 3.08. The van der Waals surface area contributed by atoms with Gasteiger partial charge < -0.3 is 16.6 Å². The number of hydrogen-bond acceptors (Lipinski definition) is 4. The zero-order valence-electron chi connectivity index (χ0n) is 7.19. The lowest BCUT2D eigenvalue weighted by atomic mass is 9.95. The van der Waals surface area contributed by atoms with Crippen LogP contribution in [0.3, 0.4) is 0 Å². The van der Waals surface area contributed by atoms with E-state index in [1.807, 2.05) is 0 Å².